The molecule has 0 amide bonds. The topological polar surface area (TPSA) is 171 Å². The van der Waals surface area contributed by atoms with Gasteiger partial charge in [0, 0.05) is 62.4 Å². The zero-order valence-corrected chi connectivity index (χ0v) is 38.1. The Morgan fingerprint density at radius 1 is 0.750 bits per heavy atom. The minimum atomic E-state index is -0.773. The van der Waals surface area contributed by atoms with Crippen molar-refractivity contribution < 1.29 is 49.4 Å². The normalized spacial score (nSPS) is 28.3. The second-order valence-corrected chi connectivity index (χ2v) is 19.3. The highest BCUT2D eigenvalue weighted by molar-refractivity contribution is 5.84. The third-order valence-corrected chi connectivity index (χ3v) is 13.6. The van der Waals surface area contributed by atoms with Crippen LogP contribution < -0.4 is 0 Å². The number of unbranched alkanes of at least 4 members (excludes halogenated alkanes) is 6. The second kappa shape index (κ2) is 31.1. The van der Waals surface area contributed by atoms with E-state index in [-0.39, 0.29) is 82.1 Å². The molecule has 364 valence electrons. The van der Waals surface area contributed by atoms with Crippen molar-refractivity contribution in [2.45, 2.75) is 214 Å². The highest BCUT2D eigenvalue weighted by Crippen LogP contribution is 2.41. The lowest BCUT2D eigenvalue weighted by molar-refractivity contribution is -0.186. The number of rotatable bonds is 24. The zero-order valence-electron chi connectivity index (χ0n) is 38.1. The number of ketones is 1. The standard InChI is InChI=1S/C29H46O5.C23H34O5.2CH4/c1-21(10-9-11-23-15-16-23)27(34-29-14-7-8-19-33-29)18-17-24-22(2)20-26(30)25(24)12-5-3-4-6-13-28(31)32;1-16(7-6-8-17-11-12-17)20(24)14-13-19-18(21(25)15-22(19)26)9-4-2-3-5-10-23(27)28;;/h17-18,21-27,29-30H,3-8,10,12-16,19-20H2,1-2H3,(H,31,32);13-14,16-20,22,24,26H,2-5,7,9-12,15H2,1H3,(H,27,28);2*1H4/b18-17+;14-13+;;/t21-,22+,24-,25+,26-,27+,29?;16-,18+,19+,20+,22+;;/m00../s1. The molecule has 5 fully saturated rings. The Hall–Kier alpha value is -2.99. The predicted molar refractivity (Wildman–Crippen MR) is 255 cm³/mol. The Bertz CT molecular complexity index is 1540. The number of aliphatic carboxylic acids is 2. The fourth-order valence-corrected chi connectivity index (χ4v) is 9.16. The number of allylic oxidation sites excluding steroid dienone is 1. The summed E-state index contributed by atoms with van der Waals surface area (Å²) in [6.45, 7) is 7.20. The van der Waals surface area contributed by atoms with Gasteiger partial charge >= 0.3 is 11.9 Å². The molecular formula is C54H88O10. The smallest absolute Gasteiger partial charge is 0.303 e. The van der Waals surface area contributed by atoms with E-state index in [1.807, 2.05) is 13.0 Å². The van der Waals surface area contributed by atoms with Crippen LogP contribution in [-0.2, 0) is 23.9 Å². The van der Waals surface area contributed by atoms with Crippen LogP contribution in [-0.4, -0.2) is 80.6 Å². The first-order valence-electron chi connectivity index (χ1n) is 24.4. The van der Waals surface area contributed by atoms with Gasteiger partial charge in [0.25, 0.3) is 0 Å². The number of aliphatic hydroxyl groups is 3. The van der Waals surface area contributed by atoms with Gasteiger partial charge < -0.3 is 35.0 Å². The van der Waals surface area contributed by atoms with Crippen molar-refractivity contribution >= 4 is 17.7 Å². The molecule has 5 N–H and O–H groups in total. The zero-order chi connectivity index (χ0) is 44.9. The first kappa shape index (κ1) is 57.1. The number of carboxylic acids is 2. The first-order valence-corrected chi connectivity index (χ1v) is 24.4. The van der Waals surface area contributed by atoms with E-state index in [9.17, 15) is 29.7 Å². The third kappa shape index (κ3) is 22.0. The maximum absolute atomic E-state index is 12.2. The number of carboxylic acid groups (broad SMARTS) is 2. The van der Waals surface area contributed by atoms with Crippen LogP contribution in [0.4, 0.5) is 0 Å². The highest BCUT2D eigenvalue weighted by atomic mass is 16.7. The molecule has 1 unspecified atom stereocenters. The molecule has 10 heteroatoms. The van der Waals surface area contributed by atoms with E-state index in [2.05, 4.69) is 49.7 Å². The summed E-state index contributed by atoms with van der Waals surface area (Å²) >= 11 is 0. The van der Waals surface area contributed by atoms with Crippen LogP contribution >= 0.6 is 0 Å². The molecule has 1 heterocycles. The predicted octanol–water partition coefficient (Wildman–Crippen LogP) is 10.6. The summed E-state index contributed by atoms with van der Waals surface area (Å²) in [6.07, 6.45) is 26.1. The number of ether oxygens (including phenoxy) is 2. The van der Waals surface area contributed by atoms with E-state index < -0.39 is 24.1 Å². The second-order valence-electron chi connectivity index (χ2n) is 19.3. The van der Waals surface area contributed by atoms with Crippen LogP contribution in [0.1, 0.15) is 183 Å². The van der Waals surface area contributed by atoms with Gasteiger partial charge in [-0.05, 0) is 107 Å². The summed E-state index contributed by atoms with van der Waals surface area (Å²) in [4.78, 5) is 33.5. The van der Waals surface area contributed by atoms with E-state index in [1.54, 1.807) is 6.08 Å². The molecule has 1 aliphatic heterocycles. The van der Waals surface area contributed by atoms with Gasteiger partial charge in [0.05, 0.1) is 24.4 Å². The van der Waals surface area contributed by atoms with Gasteiger partial charge in [-0.3, -0.25) is 14.4 Å². The third-order valence-electron chi connectivity index (χ3n) is 13.6. The van der Waals surface area contributed by atoms with Crippen LogP contribution in [0.5, 0.6) is 0 Å². The van der Waals surface area contributed by atoms with E-state index in [1.165, 1.54) is 25.7 Å². The molecule has 0 spiro atoms. The van der Waals surface area contributed by atoms with Crippen molar-refractivity contribution in [2.75, 3.05) is 6.61 Å². The molecule has 0 bridgehead atoms. The lowest BCUT2D eigenvalue weighted by atomic mass is 9.85. The molecule has 4 aliphatic carbocycles. The van der Waals surface area contributed by atoms with Crippen LogP contribution in [0, 0.1) is 76.9 Å². The number of carbonyl (C=O) groups is 3. The Kier molecular flexibility index (Phi) is 27.7. The fourth-order valence-electron chi connectivity index (χ4n) is 9.16. The maximum atomic E-state index is 12.2. The van der Waals surface area contributed by atoms with E-state index >= 15 is 0 Å². The first-order chi connectivity index (χ1) is 29.8. The van der Waals surface area contributed by atoms with Crippen molar-refractivity contribution in [3.8, 4) is 23.7 Å². The summed E-state index contributed by atoms with van der Waals surface area (Å²) < 4.78 is 12.3. The Labute approximate surface area is 387 Å². The number of Topliss-reactive ketones (excluding diaryl/α,β-unsaturated/α-hetero) is 1. The van der Waals surface area contributed by atoms with E-state index in [4.69, 9.17) is 19.7 Å². The molecule has 12 atom stereocenters. The van der Waals surface area contributed by atoms with Gasteiger partial charge in [-0.2, -0.15) is 0 Å². The molecule has 5 rings (SSSR count). The van der Waals surface area contributed by atoms with Crippen LogP contribution in [0.2, 0.25) is 0 Å². The molecule has 0 aromatic heterocycles. The van der Waals surface area contributed by atoms with Gasteiger partial charge in [0.15, 0.2) is 6.29 Å². The minimum Gasteiger partial charge on any atom is -0.481 e. The number of hydrogen-bond acceptors (Lipinski definition) is 8. The van der Waals surface area contributed by atoms with E-state index in [0.29, 0.717) is 48.9 Å². The average molecular weight is 897 g/mol. The molecule has 64 heavy (non-hydrogen) atoms. The summed E-state index contributed by atoms with van der Waals surface area (Å²) in [7, 11) is 0. The molecule has 1 saturated heterocycles. The van der Waals surface area contributed by atoms with Crippen molar-refractivity contribution in [3.05, 3.63) is 24.3 Å². The highest BCUT2D eigenvalue weighted by Gasteiger charge is 2.40. The van der Waals surface area contributed by atoms with Crippen LogP contribution in [0.15, 0.2) is 24.3 Å². The Morgan fingerprint density at radius 3 is 1.88 bits per heavy atom. The fraction of sp³-hybridized carbons (Fsp3) is 0.796. The molecule has 0 radical (unpaired) electrons. The SMILES string of the molecule is C.C.C[C@@H](CC#CC1CC1)[C@H](O)/C=C/[C@H]1[C@H](O)CC(=O)[C@@H]1CCCCCCC(=O)O.C[C@@H]1C[C@H](O)[C@H](CCCCCCC(=O)O)[C@H]1/C=C/[C@@H](OC1CCCCO1)[C@@H](C)CC#CC1CC1. The maximum Gasteiger partial charge on any atom is 0.303 e. The van der Waals surface area contributed by atoms with Gasteiger partial charge in [-0.25, -0.2) is 0 Å². The van der Waals surface area contributed by atoms with Gasteiger partial charge in [0.1, 0.15) is 5.78 Å². The minimum absolute atomic E-state index is 0. The summed E-state index contributed by atoms with van der Waals surface area (Å²) in [5.74, 6) is 13.8. The summed E-state index contributed by atoms with van der Waals surface area (Å²) in [5.41, 5.74) is 0. The van der Waals surface area contributed by atoms with Crippen molar-refractivity contribution in [1.82, 2.24) is 0 Å². The van der Waals surface area contributed by atoms with Gasteiger partial charge in [-0.1, -0.05) is 110 Å². The number of carbonyl (C=O) groups excluding carboxylic acids is 1. The monoisotopic (exact) mass is 897 g/mol. The lowest BCUT2D eigenvalue weighted by Crippen LogP contribution is -2.30. The molecule has 0 aromatic rings. The molecule has 0 aromatic carbocycles. The number of hydrogen-bond donors (Lipinski definition) is 5. The van der Waals surface area contributed by atoms with Gasteiger partial charge in [0.2, 0.25) is 0 Å². The molecule has 5 aliphatic rings. The quantitative estimate of drug-likeness (QED) is 0.0357. The van der Waals surface area contributed by atoms with Crippen LogP contribution in [0.25, 0.3) is 0 Å². The summed E-state index contributed by atoms with van der Waals surface area (Å²) in [5, 5.41) is 48.8. The lowest BCUT2D eigenvalue weighted by Gasteiger charge is -2.29. The molecule has 10 nitrogen and oxygen atoms in total. The van der Waals surface area contributed by atoms with E-state index in [0.717, 1.165) is 90.1 Å². The van der Waals surface area contributed by atoms with Crippen molar-refractivity contribution in [2.24, 2.45) is 53.3 Å². The van der Waals surface area contributed by atoms with Crippen LogP contribution in [0.3, 0.4) is 0 Å². The van der Waals surface area contributed by atoms with Crippen molar-refractivity contribution in [3.63, 3.8) is 0 Å². The molecule has 4 saturated carbocycles. The molecular weight excluding hydrogens is 809 g/mol. The summed E-state index contributed by atoms with van der Waals surface area (Å²) in [6, 6.07) is 0. The Balaban J connectivity index is 0.000000435. The number of aliphatic hydroxyl groups excluding tert-OH is 3. The average Bonchev–Trinajstić information content (AvgIpc) is 4.18. The largest absolute Gasteiger partial charge is 0.481 e. The Morgan fingerprint density at radius 2 is 1.31 bits per heavy atom. The van der Waals surface area contributed by atoms with Crippen molar-refractivity contribution in [1.29, 1.82) is 0 Å². The van der Waals surface area contributed by atoms with Gasteiger partial charge in [-0.15, -0.1) is 11.8 Å².